The van der Waals surface area contributed by atoms with Crippen molar-refractivity contribution in [1.29, 1.82) is 0 Å². The van der Waals surface area contributed by atoms with Gasteiger partial charge in [-0.05, 0) is 37.1 Å². The summed E-state index contributed by atoms with van der Waals surface area (Å²) >= 11 is 0. The molecule has 0 aliphatic carbocycles. The summed E-state index contributed by atoms with van der Waals surface area (Å²) in [5, 5.41) is 15.0. The van der Waals surface area contributed by atoms with Gasteiger partial charge in [-0.1, -0.05) is 12.1 Å². The number of non-ortho nitro benzene ring substituents is 1. The van der Waals surface area contributed by atoms with Crippen LogP contribution >= 0.6 is 0 Å². The molecule has 8 heteroatoms. The highest BCUT2D eigenvalue weighted by atomic mass is 16.6. The molecular formula is C23H21N3O5. The van der Waals surface area contributed by atoms with Crippen LogP contribution in [0.3, 0.4) is 0 Å². The summed E-state index contributed by atoms with van der Waals surface area (Å²) in [6, 6.07) is 13.7. The second-order valence-corrected chi connectivity index (χ2v) is 7.16. The molecule has 2 heterocycles. The van der Waals surface area contributed by atoms with Gasteiger partial charge in [0.1, 0.15) is 11.5 Å². The number of nitro groups is 1. The highest BCUT2D eigenvalue weighted by Crippen LogP contribution is 2.28. The van der Waals surface area contributed by atoms with Crippen LogP contribution in [0.15, 0.2) is 59.1 Å². The summed E-state index contributed by atoms with van der Waals surface area (Å²) in [5.74, 6) is 1.07. The Morgan fingerprint density at radius 3 is 2.84 bits per heavy atom. The number of nitrogens with one attached hydrogen (secondary N) is 2. The number of hydrogen-bond acceptors (Lipinski definition) is 5. The van der Waals surface area contributed by atoms with Gasteiger partial charge in [0.25, 0.3) is 11.6 Å². The Bertz CT molecular complexity index is 1270. The second-order valence-electron chi connectivity index (χ2n) is 7.16. The summed E-state index contributed by atoms with van der Waals surface area (Å²) in [6.07, 6.45) is 2.57. The number of amides is 1. The molecule has 0 radical (unpaired) electrons. The number of nitro benzene ring substituents is 1. The van der Waals surface area contributed by atoms with Gasteiger partial charge in [0.15, 0.2) is 5.76 Å². The number of aromatic amines is 1. The molecule has 0 saturated carbocycles. The van der Waals surface area contributed by atoms with Crippen molar-refractivity contribution < 1.29 is 18.9 Å². The molecule has 0 bridgehead atoms. The average Bonchev–Trinajstić information content (AvgIpc) is 3.36. The molecule has 0 spiro atoms. The zero-order valence-corrected chi connectivity index (χ0v) is 17.1. The highest BCUT2D eigenvalue weighted by molar-refractivity contribution is 5.93. The molecule has 4 rings (SSSR count). The van der Waals surface area contributed by atoms with Gasteiger partial charge >= 0.3 is 0 Å². The lowest BCUT2D eigenvalue weighted by molar-refractivity contribution is -0.384. The molecule has 8 nitrogen and oxygen atoms in total. The minimum atomic E-state index is -0.465. The van der Waals surface area contributed by atoms with E-state index in [1.54, 1.807) is 32.2 Å². The van der Waals surface area contributed by atoms with Crippen LogP contribution in [0.4, 0.5) is 5.69 Å². The van der Waals surface area contributed by atoms with Crippen LogP contribution in [0.25, 0.3) is 22.2 Å². The molecule has 2 aromatic heterocycles. The van der Waals surface area contributed by atoms with Crippen LogP contribution < -0.4 is 10.1 Å². The molecule has 0 aliphatic rings. The van der Waals surface area contributed by atoms with E-state index in [0.29, 0.717) is 29.9 Å². The van der Waals surface area contributed by atoms with Crippen molar-refractivity contribution in [2.24, 2.45) is 0 Å². The monoisotopic (exact) mass is 419 g/mol. The number of H-pyrrole nitrogens is 1. The quantitative estimate of drug-likeness (QED) is 0.335. The van der Waals surface area contributed by atoms with Crippen molar-refractivity contribution in [2.75, 3.05) is 13.7 Å². The number of ether oxygens (including phenoxy) is 1. The Balaban J connectivity index is 1.44. The summed E-state index contributed by atoms with van der Waals surface area (Å²) in [7, 11) is 1.63. The van der Waals surface area contributed by atoms with Gasteiger partial charge in [-0.2, -0.15) is 0 Å². The van der Waals surface area contributed by atoms with Crippen LogP contribution in [0.2, 0.25) is 0 Å². The van der Waals surface area contributed by atoms with Gasteiger partial charge in [-0.25, -0.2) is 0 Å². The van der Waals surface area contributed by atoms with Gasteiger partial charge in [-0.3, -0.25) is 14.9 Å². The van der Waals surface area contributed by atoms with Gasteiger partial charge in [0, 0.05) is 53.0 Å². The van der Waals surface area contributed by atoms with Crippen molar-refractivity contribution in [2.45, 2.75) is 13.3 Å². The molecule has 0 fully saturated rings. The van der Waals surface area contributed by atoms with Crippen molar-refractivity contribution >= 4 is 22.5 Å². The van der Waals surface area contributed by atoms with E-state index in [9.17, 15) is 14.9 Å². The maximum atomic E-state index is 12.6. The van der Waals surface area contributed by atoms with E-state index < -0.39 is 4.92 Å². The lowest BCUT2D eigenvalue weighted by Crippen LogP contribution is -2.25. The number of aryl methyl sites for hydroxylation is 1. The number of carbonyl (C=O) groups is 1. The third-order valence-electron chi connectivity index (χ3n) is 5.12. The summed E-state index contributed by atoms with van der Waals surface area (Å²) in [5.41, 5.74) is 3.24. The van der Waals surface area contributed by atoms with E-state index >= 15 is 0 Å². The molecule has 2 aromatic carbocycles. The van der Waals surface area contributed by atoms with Crippen LogP contribution in [-0.2, 0) is 6.42 Å². The Kier molecular flexibility index (Phi) is 5.44. The number of furan rings is 1. The van der Waals surface area contributed by atoms with E-state index in [1.165, 1.54) is 12.1 Å². The smallest absolute Gasteiger partial charge is 0.287 e. The number of fused-ring (bicyclic) bond motifs is 1. The summed E-state index contributed by atoms with van der Waals surface area (Å²) in [6.45, 7) is 2.20. The number of methoxy groups -OCH3 is 1. The van der Waals surface area contributed by atoms with Crippen LogP contribution in [0, 0.1) is 17.0 Å². The first kappa shape index (κ1) is 20.2. The molecule has 4 aromatic rings. The molecule has 2 N–H and O–H groups in total. The molecule has 0 aliphatic heterocycles. The number of benzene rings is 2. The van der Waals surface area contributed by atoms with E-state index in [4.69, 9.17) is 9.15 Å². The maximum absolute atomic E-state index is 12.6. The number of carbonyl (C=O) groups excluding carboxylic acids is 1. The zero-order valence-electron chi connectivity index (χ0n) is 17.1. The zero-order chi connectivity index (χ0) is 22.0. The lowest BCUT2D eigenvalue weighted by atomic mass is 10.1. The van der Waals surface area contributed by atoms with Gasteiger partial charge < -0.3 is 19.5 Å². The minimum Gasteiger partial charge on any atom is -0.497 e. The Hall–Kier alpha value is -4.07. The highest BCUT2D eigenvalue weighted by Gasteiger charge is 2.18. The molecule has 158 valence electrons. The Morgan fingerprint density at radius 2 is 2.06 bits per heavy atom. The fraction of sp³-hybridized carbons (Fsp3) is 0.174. The van der Waals surface area contributed by atoms with Crippen LogP contribution in [0.1, 0.15) is 21.7 Å². The third kappa shape index (κ3) is 4.13. The number of aromatic nitrogens is 1. The summed E-state index contributed by atoms with van der Waals surface area (Å²) in [4.78, 5) is 26.4. The number of rotatable bonds is 7. The van der Waals surface area contributed by atoms with Gasteiger partial charge in [0.05, 0.1) is 12.0 Å². The van der Waals surface area contributed by atoms with E-state index in [-0.39, 0.29) is 17.4 Å². The third-order valence-corrected chi connectivity index (χ3v) is 5.12. The first-order chi connectivity index (χ1) is 15.0. The molecule has 1 amide bonds. The second kappa shape index (κ2) is 8.35. The fourth-order valence-corrected chi connectivity index (χ4v) is 3.51. The van der Waals surface area contributed by atoms with Crippen molar-refractivity contribution in [1.82, 2.24) is 10.3 Å². The molecular weight excluding hydrogens is 398 g/mol. The Morgan fingerprint density at radius 1 is 1.23 bits per heavy atom. The average molecular weight is 419 g/mol. The SMILES string of the molecule is COc1ccc2c(CCNC(=O)c3oc(-c4cccc([N+](=O)[O-])c4)cc3C)c[nH]c2c1. The van der Waals surface area contributed by atoms with Gasteiger partial charge in [0.2, 0.25) is 0 Å². The molecule has 0 unspecified atom stereocenters. The Labute approximate surface area is 178 Å². The minimum absolute atomic E-state index is 0.0334. The standard InChI is InChI=1S/C23H21N3O5/c1-14-10-21(15-4-3-5-17(11-15)26(28)29)31-22(14)23(27)24-9-8-16-13-25-20-12-18(30-2)6-7-19(16)20/h3-7,10-13,25H,8-9H2,1-2H3,(H,24,27). The largest absolute Gasteiger partial charge is 0.497 e. The lowest BCUT2D eigenvalue weighted by Gasteiger charge is -2.04. The van der Waals surface area contributed by atoms with Crippen molar-refractivity contribution in [3.63, 3.8) is 0 Å². The first-order valence-electron chi connectivity index (χ1n) is 9.73. The molecule has 0 saturated heterocycles. The van der Waals surface area contributed by atoms with E-state index in [1.807, 2.05) is 24.4 Å². The molecule has 0 atom stereocenters. The van der Waals surface area contributed by atoms with Crippen molar-refractivity contribution in [3.8, 4) is 17.1 Å². The predicted molar refractivity (Wildman–Crippen MR) is 116 cm³/mol. The fourth-order valence-electron chi connectivity index (χ4n) is 3.51. The molecule has 31 heavy (non-hydrogen) atoms. The van der Waals surface area contributed by atoms with Crippen molar-refractivity contribution in [3.05, 3.63) is 81.7 Å². The number of hydrogen-bond donors (Lipinski definition) is 2. The maximum Gasteiger partial charge on any atom is 0.287 e. The van der Waals surface area contributed by atoms with E-state index in [2.05, 4.69) is 10.3 Å². The first-order valence-corrected chi connectivity index (χ1v) is 9.73. The summed E-state index contributed by atoms with van der Waals surface area (Å²) < 4.78 is 11.0. The number of nitrogens with zero attached hydrogens (tertiary/aromatic N) is 1. The van der Waals surface area contributed by atoms with Crippen LogP contribution in [0.5, 0.6) is 5.75 Å². The predicted octanol–water partition coefficient (Wildman–Crippen LogP) is 4.63. The van der Waals surface area contributed by atoms with E-state index in [0.717, 1.165) is 22.2 Å². The van der Waals surface area contributed by atoms with Gasteiger partial charge in [-0.15, -0.1) is 0 Å². The van der Waals surface area contributed by atoms with Crippen LogP contribution in [-0.4, -0.2) is 29.5 Å². The topological polar surface area (TPSA) is 110 Å². The normalized spacial score (nSPS) is 10.9.